The highest BCUT2D eigenvalue weighted by Crippen LogP contribution is 2.35. The van der Waals surface area contributed by atoms with Crippen molar-refractivity contribution >= 4 is 12.0 Å². The lowest BCUT2D eigenvalue weighted by atomic mass is 9.88. The fourth-order valence-corrected chi connectivity index (χ4v) is 2.82. The fourth-order valence-electron chi connectivity index (χ4n) is 2.82. The summed E-state index contributed by atoms with van der Waals surface area (Å²) in [5.74, 6) is -0.172. The molecule has 1 heterocycles. The van der Waals surface area contributed by atoms with Gasteiger partial charge >= 0.3 is 6.09 Å². The predicted octanol–water partition coefficient (Wildman–Crippen LogP) is 3.37. The van der Waals surface area contributed by atoms with Gasteiger partial charge in [0.15, 0.2) is 0 Å². The molecule has 0 saturated carbocycles. The van der Waals surface area contributed by atoms with Crippen molar-refractivity contribution in [1.29, 1.82) is 0 Å². The van der Waals surface area contributed by atoms with E-state index in [2.05, 4.69) is 6.58 Å². The summed E-state index contributed by atoms with van der Waals surface area (Å²) >= 11 is 0. The van der Waals surface area contributed by atoms with Gasteiger partial charge in [-0.25, -0.2) is 9.69 Å². The summed E-state index contributed by atoms with van der Waals surface area (Å²) < 4.78 is 5.36. The van der Waals surface area contributed by atoms with Gasteiger partial charge in [0.2, 0.25) is 5.91 Å². The fraction of sp³-hybridized carbons (Fsp3) is 0.733. The Morgan fingerprint density at radius 2 is 2.05 bits per heavy atom. The molecule has 1 aliphatic heterocycles. The van der Waals surface area contributed by atoms with Crippen LogP contribution >= 0.6 is 0 Å². The highest BCUT2D eigenvalue weighted by atomic mass is 16.6. The number of amides is 2. The maximum absolute atomic E-state index is 12.5. The Morgan fingerprint density at radius 1 is 1.47 bits per heavy atom. The van der Waals surface area contributed by atoms with Crippen LogP contribution in [-0.4, -0.2) is 28.5 Å². The zero-order valence-electron chi connectivity index (χ0n) is 12.6. The molecule has 1 aliphatic rings. The molecular formula is C15H25NO3. The lowest BCUT2D eigenvalue weighted by Gasteiger charge is -2.32. The molecule has 1 fully saturated rings. The Balaban J connectivity index is 2.93. The number of cyclic esters (lactones) is 1. The largest absolute Gasteiger partial charge is 0.441 e. The van der Waals surface area contributed by atoms with Crippen molar-refractivity contribution in [3.63, 3.8) is 0 Å². The van der Waals surface area contributed by atoms with Gasteiger partial charge < -0.3 is 4.74 Å². The Bertz CT molecular complexity index is 374. The highest BCUT2D eigenvalue weighted by Gasteiger charge is 2.52. The van der Waals surface area contributed by atoms with Crippen molar-refractivity contribution in [2.24, 2.45) is 11.8 Å². The first-order chi connectivity index (χ1) is 8.72. The van der Waals surface area contributed by atoms with Gasteiger partial charge in [0.25, 0.3) is 0 Å². The third-order valence-electron chi connectivity index (χ3n) is 3.63. The summed E-state index contributed by atoms with van der Waals surface area (Å²) in [7, 11) is 0. The monoisotopic (exact) mass is 267 g/mol. The minimum Gasteiger partial charge on any atom is -0.441 e. The van der Waals surface area contributed by atoms with Gasteiger partial charge in [0, 0.05) is 5.92 Å². The van der Waals surface area contributed by atoms with Crippen molar-refractivity contribution in [1.82, 2.24) is 4.90 Å². The van der Waals surface area contributed by atoms with Crippen molar-refractivity contribution in [2.45, 2.75) is 59.1 Å². The molecule has 0 aliphatic carbocycles. The number of allylic oxidation sites excluding steroid dienone is 1. The molecule has 0 bridgehead atoms. The highest BCUT2D eigenvalue weighted by molar-refractivity contribution is 5.95. The lowest BCUT2D eigenvalue weighted by Crippen LogP contribution is -2.49. The maximum atomic E-state index is 12.5. The molecule has 4 heteroatoms. The third-order valence-corrected chi connectivity index (χ3v) is 3.63. The van der Waals surface area contributed by atoms with E-state index in [9.17, 15) is 9.59 Å². The lowest BCUT2D eigenvalue weighted by molar-refractivity contribution is -0.134. The molecule has 108 valence electrons. The molecule has 1 saturated heterocycles. The second kappa shape index (κ2) is 5.76. The zero-order chi connectivity index (χ0) is 14.8. The number of ether oxygens (including phenoxy) is 1. The van der Waals surface area contributed by atoms with Gasteiger partial charge in [0.1, 0.15) is 5.60 Å². The topological polar surface area (TPSA) is 46.6 Å². The van der Waals surface area contributed by atoms with Gasteiger partial charge in [-0.1, -0.05) is 26.8 Å². The first kappa shape index (κ1) is 15.7. The van der Waals surface area contributed by atoms with Crippen LogP contribution in [0.4, 0.5) is 4.79 Å². The maximum Gasteiger partial charge on any atom is 0.417 e. The van der Waals surface area contributed by atoms with Crippen LogP contribution < -0.4 is 0 Å². The number of carbonyl (C=O) groups is 2. The van der Waals surface area contributed by atoms with Crippen molar-refractivity contribution in [3.8, 4) is 0 Å². The molecule has 19 heavy (non-hydrogen) atoms. The van der Waals surface area contributed by atoms with Crippen LogP contribution in [-0.2, 0) is 9.53 Å². The van der Waals surface area contributed by atoms with E-state index in [4.69, 9.17) is 4.74 Å². The summed E-state index contributed by atoms with van der Waals surface area (Å²) in [5.41, 5.74) is -0.626. The quantitative estimate of drug-likeness (QED) is 0.717. The number of hydrogen-bond acceptors (Lipinski definition) is 3. The number of carbonyl (C=O) groups excluding carboxylic acids is 2. The van der Waals surface area contributed by atoms with E-state index in [1.807, 2.05) is 34.6 Å². The van der Waals surface area contributed by atoms with E-state index in [1.54, 1.807) is 6.08 Å². The normalized spacial score (nSPS) is 23.4. The summed E-state index contributed by atoms with van der Waals surface area (Å²) in [6.45, 7) is 13.2. The Labute approximate surface area is 115 Å². The van der Waals surface area contributed by atoms with Gasteiger partial charge in [-0.2, -0.15) is 0 Å². The second-order valence-electron chi connectivity index (χ2n) is 6.14. The Kier molecular flexibility index (Phi) is 4.77. The molecule has 0 N–H and O–H groups in total. The van der Waals surface area contributed by atoms with E-state index in [1.165, 1.54) is 4.90 Å². The van der Waals surface area contributed by atoms with Crippen LogP contribution in [0.25, 0.3) is 0 Å². The molecular weight excluding hydrogens is 242 g/mol. The molecule has 0 radical (unpaired) electrons. The van der Waals surface area contributed by atoms with Crippen LogP contribution in [0.15, 0.2) is 12.7 Å². The van der Waals surface area contributed by atoms with E-state index < -0.39 is 11.7 Å². The number of nitrogens with zero attached hydrogens (tertiary/aromatic N) is 1. The van der Waals surface area contributed by atoms with Gasteiger partial charge in [-0.3, -0.25) is 4.79 Å². The minimum absolute atomic E-state index is 0.142. The molecule has 0 aromatic rings. The molecule has 0 aromatic carbocycles. The molecule has 0 spiro atoms. The Hall–Kier alpha value is -1.32. The van der Waals surface area contributed by atoms with Gasteiger partial charge in [-0.05, 0) is 32.6 Å². The predicted molar refractivity (Wildman–Crippen MR) is 74.6 cm³/mol. The van der Waals surface area contributed by atoms with Crippen molar-refractivity contribution in [3.05, 3.63) is 12.7 Å². The van der Waals surface area contributed by atoms with E-state index >= 15 is 0 Å². The van der Waals surface area contributed by atoms with Crippen LogP contribution in [0.2, 0.25) is 0 Å². The van der Waals surface area contributed by atoms with E-state index in [-0.39, 0.29) is 23.8 Å². The zero-order valence-corrected chi connectivity index (χ0v) is 12.6. The summed E-state index contributed by atoms with van der Waals surface area (Å²) in [6.07, 6.45) is 2.75. The number of rotatable bonds is 5. The SMILES string of the molecule is C=CCC[C@@H](C)C(=O)N1C(=O)OC(C)(C)[C@H]1C(C)C. The van der Waals surface area contributed by atoms with Crippen LogP contribution in [0, 0.1) is 11.8 Å². The van der Waals surface area contributed by atoms with Gasteiger partial charge in [-0.15, -0.1) is 6.58 Å². The second-order valence-corrected chi connectivity index (χ2v) is 6.14. The minimum atomic E-state index is -0.626. The molecule has 2 atom stereocenters. The van der Waals surface area contributed by atoms with Gasteiger partial charge in [0.05, 0.1) is 6.04 Å². The van der Waals surface area contributed by atoms with Crippen LogP contribution in [0.1, 0.15) is 47.5 Å². The molecule has 2 amide bonds. The summed E-state index contributed by atoms with van der Waals surface area (Å²) in [6, 6.07) is -0.210. The van der Waals surface area contributed by atoms with Crippen LogP contribution in [0.5, 0.6) is 0 Å². The van der Waals surface area contributed by atoms with Crippen molar-refractivity contribution < 1.29 is 14.3 Å². The Morgan fingerprint density at radius 3 is 2.53 bits per heavy atom. The smallest absolute Gasteiger partial charge is 0.417 e. The average Bonchev–Trinajstić information content (AvgIpc) is 2.54. The molecule has 4 nitrogen and oxygen atoms in total. The standard InChI is InChI=1S/C15H25NO3/c1-7-8-9-11(4)13(17)16-12(10(2)3)15(5,6)19-14(16)18/h7,10-12H,1,8-9H2,2-6H3/t11-,12-/m1/s1. The first-order valence-corrected chi connectivity index (χ1v) is 6.89. The third kappa shape index (κ3) is 3.17. The summed E-state index contributed by atoms with van der Waals surface area (Å²) in [4.78, 5) is 25.8. The number of imide groups is 1. The average molecular weight is 267 g/mol. The van der Waals surface area contributed by atoms with E-state index in [0.717, 1.165) is 6.42 Å². The van der Waals surface area contributed by atoms with E-state index in [0.29, 0.717) is 6.42 Å². The molecule has 1 rings (SSSR count). The first-order valence-electron chi connectivity index (χ1n) is 6.89. The molecule has 0 aromatic heterocycles. The van der Waals surface area contributed by atoms with Crippen molar-refractivity contribution in [2.75, 3.05) is 0 Å². The van der Waals surface area contributed by atoms with Crippen LogP contribution in [0.3, 0.4) is 0 Å². The number of hydrogen-bond donors (Lipinski definition) is 0. The summed E-state index contributed by atoms with van der Waals surface area (Å²) in [5, 5.41) is 0. The molecule has 0 unspecified atom stereocenters.